The summed E-state index contributed by atoms with van der Waals surface area (Å²) in [5.41, 5.74) is 0.776. The lowest BCUT2D eigenvalue weighted by Gasteiger charge is -2.02. The normalized spacial score (nSPS) is 11.1. The Hall–Kier alpha value is -1.81. The molecule has 5 heteroatoms. The number of rotatable bonds is 4. The zero-order valence-corrected chi connectivity index (χ0v) is 9.90. The second-order valence-corrected chi connectivity index (χ2v) is 3.72. The summed E-state index contributed by atoms with van der Waals surface area (Å²) in [6, 6.07) is 6.69. The van der Waals surface area contributed by atoms with E-state index in [9.17, 15) is 9.59 Å². The van der Waals surface area contributed by atoms with Crippen LogP contribution in [-0.4, -0.2) is 24.2 Å². The van der Waals surface area contributed by atoms with Gasteiger partial charge in [0.05, 0.1) is 13.5 Å². The van der Waals surface area contributed by atoms with Gasteiger partial charge in [0.25, 0.3) is 0 Å². The van der Waals surface area contributed by atoms with Crippen LogP contribution in [0.2, 0.25) is 5.02 Å². The van der Waals surface area contributed by atoms with Crippen molar-refractivity contribution in [3.63, 3.8) is 0 Å². The second kappa shape index (κ2) is 6.06. The van der Waals surface area contributed by atoms with Crippen LogP contribution in [0.15, 0.2) is 29.8 Å². The molecule has 4 nitrogen and oxygen atoms in total. The highest BCUT2D eigenvalue weighted by atomic mass is 35.5. The molecular weight excluding hydrogens is 244 g/mol. The lowest BCUT2D eigenvalue weighted by Crippen LogP contribution is -2.09. The standard InChI is InChI=1S/C12H11ClO4/c1-17-12(16)9(7-11(14)15)6-8-2-4-10(13)5-3-8/h2-6H,7H2,1H3,(H,14,15)/b9-6-. The molecule has 1 rings (SSSR count). The van der Waals surface area contributed by atoms with Gasteiger partial charge in [-0.15, -0.1) is 0 Å². The summed E-state index contributed by atoms with van der Waals surface area (Å²) in [5.74, 6) is -1.74. The van der Waals surface area contributed by atoms with Crippen LogP contribution in [0.25, 0.3) is 6.08 Å². The first kappa shape index (κ1) is 13.3. The molecular formula is C12H11ClO4. The van der Waals surface area contributed by atoms with Gasteiger partial charge in [-0.3, -0.25) is 4.79 Å². The monoisotopic (exact) mass is 254 g/mol. The van der Waals surface area contributed by atoms with Crippen molar-refractivity contribution in [3.05, 3.63) is 40.4 Å². The van der Waals surface area contributed by atoms with Crippen molar-refractivity contribution in [2.75, 3.05) is 7.11 Å². The predicted molar refractivity (Wildman–Crippen MR) is 63.7 cm³/mol. The molecule has 17 heavy (non-hydrogen) atoms. The molecule has 0 saturated carbocycles. The Labute approximate surface area is 103 Å². The first-order valence-electron chi connectivity index (χ1n) is 4.79. The first-order chi connectivity index (χ1) is 8.02. The average molecular weight is 255 g/mol. The third-order valence-corrected chi connectivity index (χ3v) is 2.25. The summed E-state index contributed by atoms with van der Waals surface area (Å²) >= 11 is 5.72. The van der Waals surface area contributed by atoms with Crippen LogP contribution < -0.4 is 0 Å². The quantitative estimate of drug-likeness (QED) is 0.662. The van der Waals surface area contributed by atoms with Gasteiger partial charge in [-0.05, 0) is 23.8 Å². The lowest BCUT2D eigenvalue weighted by molar-refractivity contribution is -0.141. The zero-order valence-electron chi connectivity index (χ0n) is 9.14. The van der Waals surface area contributed by atoms with Crippen molar-refractivity contribution < 1.29 is 19.4 Å². The highest BCUT2D eigenvalue weighted by Crippen LogP contribution is 2.15. The SMILES string of the molecule is COC(=O)/C(=C\c1ccc(Cl)cc1)CC(=O)O. The van der Waals surface area contributed by atoms with E-state index in [0.717, 1.165) is 0 Å². The summed E-state index contributed by atoms with van der Waals surface area (Å²) in [6.45, 7) is 0. The van der Waals surface area contributed by atoms with E-state index in [-0.39, 0.29) is 12.0 Å². The van der Waals surface area contributed by atoms with Crippen LogP contribution in [0.5, 0.6) is 0 Å². The molecule has 0 heterocycles. The minimum absolute atomic E-state index is 0.0855. The molecule has 0 aliphatic carbocycles. The van der Waals surface area contributed by atoms with Gasteiger partial charge < -0.3 is 9.84 Å². The summed E-state index contributed by atoms with van der Waals surface area (Å²) < 4.78 is 4.51. The number of carboxylic acids is 1. The number of hydrogen-bond donors (Lipinski definition) is 1. The molecule has 0 atom stereocenters. The number of carboxylic acid groups (broad SMARTS) is 1. The highest BCUT2D eigenvalue weighted by molar-refractivity contribution is 6.30. The van der Waals surface area contributed by atoms with Gasteiger partial charge in [0.15, 0.2) is 0 Å². The second-order valence-electron chi connectivity index (χ2n) is 3.28. The summed E-state index contributed by atoms with van der Waals surface area (Å²) in [4.78, 5) is 21.9. The van der Waals surface area contributed by atoms with Gasteiger partial charge >= 0.3 is 11.9 Å². The zero-order chi connectivity index (χ0) is 12.8. The van der Waals surface area contributed by atoms with E-state index < -0.39 is 11.9 Å². The fourth-order valence-corrected chi connectivity index (χ4v) is 1.36. The fourth-order valence-electron chi connectivity index (χ4n) is 1.24. The number of ether oxygens (including phenoxy) is 1. The van der Waals surface area contributed by atoms with E-state index in [4.69, 9.17) is 16.7 Å². The van der Waals surface area contributed by atoms with Gasteiger partial charge in [0, 0.05) is 10.6 Å². The molecule has 0 bridgehead atoms. The molecule has 0 aromatic heterocycles. The number of esters is 1. The van der Waals surface area contributed by atoms with Crippen LogP contribution in [0.3, 0.4) is 0 Å². The number of benzene rings is 1. The number of carbonyl (C=O) groups is 2. The predicted octanol–water partition coefficient (Wildman–Crippen LogP) is 2.37. The van der Waals surface area contributed by atoms with Crippen LogP contribution in [0, 0.1) is 0 Å². The fraction of sp³-hybridized carbons (Fsp3) is 0.167. The van der Waals surface area contributed by atoms with Gasteiger partial charge in [0.2, 0.25) is 0 Å². The van der Waals surface area contributed by atoms with Crippen LogP contribution in [0.1, 0.15) is 12.0 Å². The molecule has 0 saturated heterocycles. The Morgan fingerprint density at radius 1 is 1.35 bits per heavy atom. The molecule has 1 N–H and O–H groups in total. The molecule has 0 aliphatic heterocycles. The van der Waals surface area contributed by atoms with Crippen molar-refractivity contribution in [1.29, 1.82) is 0 Å². The first-order valence-corrected chi connectivity index (χ1v) is 5.17. The van der Waals surface area contributed by atoms with Crippen molar-refractivity contribution in [1.82, 2.24) is 0 Å². The van der Waals surface area contributed by atoms with E-state index in [2.05, 4.69) is 4.74 Å². The smallest absolute Gasteiger partial charge is 0.334 e. The number of aliphatic carboxylic acids is 1. The number of methoxy groups -OCH3 is 1. The van der Waals surface area contributed by atoms with E-state index in [0.29, 0.717) is 10.6 Å². The topological polar surface area (TPSA) is 63.6 Å². The summed E-state index contributed by atoms with van der Waals surface area (Å²) in [5, 5.41) is 9.25. The molecule has 0 fully saturated rings. The van der Waals surface area contributed by atoms with Crippen LogP contribution in [-0.2, 0) is 14.3 Å². The molecule has 0 amide bonds. The van der Waals surface area contributed by atoms with Gasteiger partial charge in [-0.2, -0.15) is 0 Å². The number of hydrogen-bond acceptors (Lipinski definition) is 3. The molecule has 0 aliphatic rings. The van der Waals surface area contributed by atoms with Gasteiger partial charge in [-0.1, -0.05) is 23.7 Å². The number of halogens is 1. The van der Waals surface area contributed by atoms with Gasteiger partial charge in [-0.25, -0.2) is 4.79 Å². The van der Waals surface area contributed by atoms with E-state index in [1.54, 1.807) is 24.3 Å². The molecule has 1 aromatic carbocycles. The Kier molecular flexibility index (Phi) is 4.72. The minimum atomic E-state index is -1.09. The Morgan fingerprint density at radius 3 is 2.41 bits per heavy atom. The maximum atomic E-state index is 11.3. The molecule has 0 spiro atoms. The molecule has 0 radical (unpaired) electrons. The van der Waals surface area contributed by atoms with Crippen LogP contribution in [0.4, 0.5) is 0 Å². The molecule has 1 aromatic rings. The van der Waals surface area contributed by atoms with E-state index in [1.807, 2.05) is 0 Å². The van der Waals surface area contributed by atoms with Crippen molar-refractivity contribution >= 4 is 29.6 Å². The maximum absolute atomic E-state index is 11.3. The Balaban J connectivity index is 3.00. The molecule has 0 unspecified atom stereocenters. The maximum Gasteiger partial charge on any atom is 0.334 e. The Bertz CT molecular complexity index is 448. The molecule has 90 valence electrons. The van der Waals surface area contributed by atoms with Crippen molar-refractivity contribution in [2.45, 2.75) is 6.42 Å². The largest absolute Gasteiger partial charge is 0.481 e. The lowest BCUT2D eigenvalue weighted by atomic mass is 10.1. The summed E-state index contributed by atoms with van der Waals surface area (Å²) in [6.07, 6.45) is 1.09. The van der Waals surface area contributed by atoms with Gasteiger partial charge in [0.1, 0.15) is 0 Å². The summed E-state index contributed by atoms with van der Waals surface area (Å²) in [7, 11) is 1.21. The van der Waals surface area contributed by atoms with Crippen molar-refractivity contribution in [2.24, 2.45) is 0 Å². The highest BCUT2D eigenvalue weighted by Gasteiger charge is 2.13. The Morgan fingerprint density at radius 2 is 1.94 bits per heavy atom. The van der Waals surface area contributed by atoms with Crippen molar-refractivity contribution in [3.8, 4) is 0 Å². The number of carbonyl (C=O) groups excluding carboxylic acids is 1. The third kappa shape index (κ3) is 4.28. The van der Waals surface area contributed by atoms with Crippen LogP contribution >= 0.6 is 11.6 Å². The minimum Gasteiger partial charge on any atom is -0.481 e. The van der Waals surface area contributed by atoms with E-state index in [1.165, 1.54) is 13.2 Å². The van der Waals surface area contributed by atoms with E-state index >= 15 is 0 Å². The third-order valence-electron chi connectivity index (χ3n) is 2.00. The average Bonchev–Trinajstić information content (AvgIpc) is 2.29.